The Labute approximate surface area is 102 Å². The Morgan fingerprint density at radius 2 is 2.18 bits per heavy atom. The molecule has 0 aliphatic carbocycles. The third-order valence-corrected chi connectivity index (χ3v) is 3.04. The maximum absolute atomic E-state index is 5.90. The maximum Gasteiger partial charge on any atom is 0.143 e. The molecule has 1 unspecified atom stereocenters. The molecule has 17 heavy (non-hydrogen) atoms. The number of methoxy groups -OCH3 is 1. The van der Waals surface area contributed by atoms with E-state index in [-0.39, 0.29) is 6.04 Å². The number of aromatic nitrogens is 1. The molecule has 0 saturated heterocycles. The number of aryl methyl sites for hydroxylation is 1. The molecule has 0 spiro atoms. The summed E-state index contributed by atoms with van der Waals surface area (Å²) >= 11 is 0. The zero-order valence-electron chi connectivity index (χ0n) is 10.7. The molecule has 0 saturated carbocycles. The molecule has 0 fully saturated rings. The quantitative estimate of drug-likeness (QED) is 0.880. The molecule has 1 heterocycles. The highest BCUT2D eigenvalue weighted by Gasteiger charge is 2.12. The van der Waals surface area contributed by atoms with Crippen molar-refractivity contribution in [3.8, 4) is 5.75 Å². The second-order valence-corrected chi connectivity index (χ2v) is 4.46. The second kappa shape index (κ2) is 4.80. The van der Waals surface area contributed by atoms with Crippen LogP contribution in [-0.4, -0.2) is 17.7 Å². The van der Waals surface area contributed by atoms with Crippen LogP contribution in [0.15, 0.2) is 24.3 Å². The summed E-state index contributed by atoms with van der Waals surface area (Å²) in [6, 6.07) is 8.54. The number of benzene rings is 1. The number of para-hydroxylation sites is 1. The van der Waals surface area contributed by atoms with E-state index in [1.165, 1.54) is 16.6 Å². The van der Waals surface area contributed by atoms with Crippen molar-refractivity contribution in [2.45, 2.75) is 32.9 Å². The Hall–Kier alpha value is -1.48. The van der Waals surface area contributed by atoms with E-state index < -0.39 is 0 Å². The van der Waals surface area contributed by atoms with Crippen LogP contribution in [0.25, 0.3) is 10.9 Å². The fraction of sp³-hybridized carbons (Fsp3) is 0.429. The number of hydrogen-bond acceptors (Lipinski definition) is 2. The molecule has 2 aromatic rings. The van der Waals surface area contributed by atoms with Crippen molar-refractivity contribution in [1.82, 2.24) is 4.57 Å². The molecule has 0 radical (unpaired) electrons. The van der Waals surface area contributed by atoms with Crippen molar-refractivity contribution in [2.75, 3.05) is 7.11 Å². The average Bonchev–Trinajstić information content (AvgIpc) is 2.64. The highest BCUT2D eigenvalue weighted by molar-refractivity contribution is 5.87. The Morgan fingerprint density at radius 3 is 2.76 bits per heavy atom. The number of nitrogens with two attached hydrogens (primary N) is 1. The number of hydrogen-bond donors (Lipinski definition) is 1. The first-order chi connectivity index (χ1) is 8.17. The van der Waals surface area contributed by atoms with Gasteiger partial charge in [0, 0.05) is 30.1 Å². The standard InChI is InChI=1S/C14H20N2O/c1-4-16-12(8-10(2)15)9-11-6-5-7-13(17-3)14(11)16/h5-7,9-10H,4,8,15H2,1-3H3. The molecule has 0 amide bonds. The summed E-state index contributed by atoms with van der Waals surface area (Å²) in [7, 11) is 1.72. The van der Waals surface area contributed by atoms with E-state index in [9.17, 15) is 0 Å². The lowest BCUT2D eigenvalue weighted by atomic mass is 10.2. The first-order valence-electron chi connectivity index (χ1n) is 6.08. The van der Waals surface area contributed by atoms with Crippen molar-refractivity contribution in [1.29, 1.82) is 0 Å². The minimum atomic E-state index is 0.176. The summed E-state index contributed by atoms with van der Waals surface area (Å²) in [5.74, 6) is 0.931. The normalized spacial score (nSPS) is 12.9. The van der Waals surface area contributed by atoms with Crippen LogP contribution in [0.5, 0.6) is 5.75 Å². The molecule has 2 rings (SSSR count). The summed E-state index contributed by atoms with van der Waals surface area (Å²) < 4.78 is 7.73. The summed E-state index contributed by atoms with van der Waals surface area (Å²) in [4.78, 5) is 0. The molecule has 2 N–H and O–H groups in total. The molecule has 0 aliphatic rings. The predicted molar refractivity (Wildman–Crippen MR) is 71.5 cm³/mol. The van der Waals surface area contributed by atoms with Gasteiger partial charge in [-0.2, -0.15) is 0 Å². The Balaban J connectivity index is 2.63. The molecular formula is C14H20N2O. The Bertz CT molecular complexity index is 514. The van der Waals surface area contributed by atoms with Crippen LogP contribution in [0.3, 0.4) is 0 Å². The van der Waals surface area contributed by atoms with Gasteiger partial charge in [0.25, 0.3) is 0 Å². The van der Waals surface area contributed by atoms with Gasteiger partial charge in [-0.05, 0) is 26.0 Å². The summed E-state index contributed by atoms with van der Waals surface area (Å²) in [5.41, 5.74) is 8.35. The van der Waals surface area contributed by atoms with E-state index in [1.54, 1.807) is 7.11 Å². The molecule has 1 aromatic carbocycles. The van der Waals surface area contributed by atoms with E-state index in [0.29, 0.717) is 0 Å². The first-order valence-corrected chi connectivity index (χ1v) is 6.08. The van der Waals surface area contributed by atoms with Gasteiger partial charge < -0.3 is 15.0 Å². The monoisotopic (exact) mass is 232 g/mol. The summed E-state index contributed by atoms with van der Waals surface area (Å²) in [6.07, 6.45) is 0.895. The van der Waals surface area contributed by atoms with Crippen molar-refractivity contribution in [3.05, 3.63) is 30.0 Å². The number of rotatable bonds is 4. The lowest BCUT2D eigenvalue weighted by Gasteiger charge is -2.11. The van der Waals surface area contributed by atoms with Gasteiger partial charge in [-0.15, -0.1) is 0 Å². The van der Waals surface area contributed by atoms with Gasteiger partial charge in [-0.25, -0.2) is 0 Å². The van der Waals surface area contributed by atoms with Gasteiger partial charge in [0.05, 0.1) is 12.6 Å². The predicted octanol–water partition coefficient (Wildman–Crippen LogP) is 2.56. The van der Waals surface area contributed by atoms with Gasteiger partial charge in [-0.3, -0.25) is 0 Å². The number of fused-ring (bicyclic) bond motifs is 1. The Kier molecular flexibility index (Phi) is 3.38. The average molecular weight is 232 g/mol. The van der Waals surface area contributed by atoms with E-state index >= 15 is 0 Å². The van der Waals surface area contributed by atoms with Gasteiger partial charge in [0.15, 0.2) is 0 Å². The Morgan fingerprint density at radius 1 is 1.41 bits per heavy atom. The summed E-state index contributed by atoms with van der Waals surface area (Å²) in [5, 5.41) is 1.22. The lowest BCUT2D eigenvalue weighted by molar-refractivity contribution is 0.417. The van der Waals surface area contributed by atoms with Gasteiger partial charge >= 0.3 is 0 Å². The number of ether oxygens (including phenoxy) is 1. The lowest BCUT2D eigenvalue weighted by Crippen LogP contribution is -2.19. The fourth-order valence-electron chi connectivity index (χ4n) is 2.37. The molecule has 0 aliphatic heterocycles. The first kappa shape index (κ1) is 12.0. The van der Waals surface area contributed by atoms with Crippen molar-refractivity contribution >= 4 is 10.9 Å². The summed E-state index contributed by atoms with van der Waals surface area (Å²) in [6.45, 7) is 5.12. The zero-order chi connectivity index (χ0) is 12.4. The largest absolute Gasteiger partial charge is 0.495 e. The van der Waals surface area contributed by atoms with Crippen molar-refractivity contribution in [3.63, 3.8) is 0 Å². The molecule has 1 atom stereocenters. The molecule has 3 nitrogen and oxygen atoms in total. The van der Waals surface area contributed by atoms with E-state index in [2.05, 4.69) is 23.6 Å². The topological polar surface area (TPSA) is 40.2 Å². The highest BCUT2D eigenvalue weighted by atomic mass is 16.5. The van der Waals surface area contributed by atoms with Crippen molar-refractivity contribution < 1.29 is 4.74 Å². The van der Waals surface area contributed by atoms with Crippen LogP contribution in [-0.2, 0) is 13.0 Å². The van der Waals surface area contributed by atoms with E-state index in [1.807, 2.05) is 19.1 Å². The smallest absolute Gasteiger partial charge is 0.143 e. The molecule has 1 aromatic heterocycles. The third-order valence-electron chi connectivity index (χ3n) is 3.04. The van der Waals surface area contributed by atoms with Gasteiger partial charge in [-0.1, -0.05) is 12.1 Å². The fourth-order valence-corrected chi connectivity index (χ4v) is 2.37. The van der Waals surface area contributed by atoms with Crippen LogP contribution in [0.1, 0.15) is 19.5 Å². The van der Waals surface area contributed by atoms with E-state index in [0.717, 1.165) is 18.7 Å². The van der Waals surface area contributed by atoms with Crippen LogP contribution < -0.4 is 10.5 Å². The van der Waals surface area contributed by atoms with Crippen LogP contribution in [0, 0.1) is 0 Å². The molecule has 0 bridgehead atoms. The minimum Gasteiger partial charge on any atom is -0.495 e. The van der Waals surface area contributed by atoms with Gasteiger partial charge in [0.1, 0.15) is 5.75 Å². The van der Waals surface area contributed by atoms with E-state index in [4.69, 9.17) is 10.5 Å². The van der Waals surface area contributed by atoms with Gasteiger partial charge in [0.2, 0.25) is 0 Å². The minimum absolute atomic E-state index is 0.176. The number of nitrogens with zero attached hydrogens (tertiary/aromatic N) is 1. The SMILES string of the molecule is CCn1c(CC(C)N)cc2cccc(OC)c21. The van der Waals surface area contributed by atoms with Crippen molar-refractivity contribution in [2.24, 2.45) is 5.73 Å². The van der Waals surface area contributed by atoms with Crippen LogP contribution in [0.4, 0.5) is 0 Å². The second-order valence-electron chi connectivity index (χ2n) is 4.46. The van der Waals surface area contributed by atoms with Crippen LogP contribution >= 0.6 is 0 Å². The molecular weight excluding hydrogens is 212 g/mol. The zero-order valence-corrected chi connectivity index (χ0v) is 10.7. The highest BCUT2D eigenvalue weighted by Crippen LogP contribution is 2.29. The maximum atomic E-state index is 5.90. The van der Waals surface area contributed by atoms with Crippen LogP contribution in [0.2, 0.25) is 0 Å². The third kappa shape index (κ3) is 2.15. The molecule has 92 valence electrons. The molecule has 3 heteroatoms.